The Morgan fingerprint density at radius 3 is 1.49 bits per heavy atom. The molecule has 0 fully saturated rings. The first-order valence-corrected chi connectivity index (χ1v) is 21.8. The van der Waals surface area contributed by atoms with Crippen LogP contribution in [0.2, 0.25) is 0 Å². The third-order valence-electron chi connectivity index (χ3n) is 12.0. The Labute approximate surface area is 340 Å². The maximum Gasteiger partial charge on any atom is 0.0369 e. The molecule has 264 valence electrons. The molecule has 0 radical (unpaired) electrons. The Bertz CT molecular complexity index is 3740. The predicted octanol–water partition coefficient (Wildman–Crippen LogP) is 17.3. The fraction of sp³-hybridized carbons (Fsp3) is 0. The molecule has 0 unspecified atom stereocenters. The van der Waals surface area contributed by atoms with Crippen molar-refractivity contribution in [2.45, 2.75) is 0 Å². The van der Waals surface area contributed by atoms with E-state index in [-0.39, 0.29) is 0 Å². The number of hydrogen-bond donors (Lipinski definition) is 0. The summed E-state index contributed by atoms with van der Waals surface area (Å²) in [5, 5.41) is 15.8. The smallest absolute Gasteiger partial charge is 0.0369 e. The highest BCUT2D eigenvalue weighted by molar-refractivity contribution is 7.28. The average Bonchev–Trinajstić information content (AvgIpc) is 3.94. The SMILES string of the molecule is c1ccc2c(c1)sc1cc3sc4cc5cc(-c6ccc(-c7c8ccccc8c(-c8cccc9sc%10ccccc%10c89)c8ccccc78)cc6)ccc5cc4c3cc12. The van der Waals surface area contributed by atoms with E-state index in [4.69, 9.17) is 0 Å². The summed E-state index contributed by atoms with van der Waals surface area (Å²) in [7, 11) is 0. The third-order valence-corrected chi connectivity index (χ3v) is 15.4. The zero-order valence-corrected chi connectivity index (χ0v) is 33.0. The van der Waals surface area contributed by atoms with Gasteiger partial charge in [0.25, 0.3) is 0 Å². The van der Waals surface area contributed by atoms with E-state index in [1.807, 2.05) is 34.0 Å². The van der Waals surface area contributed by atoms with Gasteiger partial charge in [-0.3, -0.25) is 0 Å². The van der Waals surface area contributed by atoms with Crippen molar-refractivity contribution in [1.82, 2.24) is 0 Å². The topological polar surface area (TPSA) is 0 Å². The summed E-state index contributed by atoms with van der Waals surface area (Å²) < 4.78 is 8.10. The number of rotatable bonds is 3. The van der Waals surface area contributed by atoms with Crippen LogP contribution in [0.3, 0.4) is 0 Å². The van der Waals surface area contributed by atoms with Crippen LogP contribution >= 0.6 is 34.0 Å². The molecule has 13 rings (SSSR count). The summed E-state index contributed by atoms with van der Waals surface area (Å²) >= 11 is 5.69. The third kappa shape index (κ3) is 4.71. The lowest BCUT2D eigenvalue weighted by atomic mass is 9.84. The normalized spacial score (nSPS) is 12.2. The number of hydrogen-bond acceptors (Lipinski definition) is 3. The molecule has 3 heterocycles. The van der Waals surface area contributed by atoms with Crippen LogP contribution in [-0.4, -0.2) is 0 Å². The molecule has 13 aromatic rings. The highest BCUT2D eigenvalue weighted by Crippen LogP contribution is 2.48. The second kappa shape index (κ2) is 12.1. The van der Waals surface area contributed by atoms with Gasteiger partial charge >= 0.3 is 0 Å². The maximum absolute atomic E-state index is 2.43. The van der Waals surface area contributed by atoms with Gasteiger partial charge in [0.15, 0.2) is 0 Å². The minimum absolute atomic E-state index is 1.23. The molecule has 0 saturated heterocycles. The molecule has 0 N–H and O–H groups in total. The van der Waals surface area contributed by atoms with Crippen molar-refractivity contribution in [2.75, 3.05) is 0 Å². The first-order chi connectivity index (χ1) is 28.2. The highest BCUT2D eigenvalue weighted by Gasteiger charge is 2.20. The summed E-state index contributed by atoms with van der Waals surface area (Å²) in [6, 6.07) is 68.3. The first-order valence-electron chi connectivity index (χ1n) is 19.4. The maximum atomic E-state index is 2.43. The van der Waals surface area contributed by atoms with Crippen molar-refractivity contribution in [3.63, 3.8) is 0 Å². The average molecular weight is 775 g/mol. The minimum Gasteiger partial charge on any atom is -0.135 e. The van der Waals surface area contributed by atoms with E-state index in [0.29, 0.717) is 0 Å². The van der Waals surface area contributed by atoms with E-state index in [1.54, 1.807) is 0 Å². The first kappa shape index (κ1) is 31.8. The van der Waals surface area contributed by atoms with E-state index < -0.39 is 0 Å². The van der Waals surface area contributed by atoms with Gasteiger partial charge in [0, 0.05) is 60.5 Å². The molecule has 0 bridgehead atoms. The molecule has 0 aliphatic rings. The lowest BCUT2D eigenvalue weighted by Crippen LogP contribution is -1.91. The van der Waals surface area contributed by atoms with Crippen molar-refractivity contribution in [3.05, 3.63) is 182 Å². The number of benzene rings is 10. The second-order valence-corrected chi connectivity index (χ2v) is 18.4. The molecule has 3 heteroatoms. The quantitative estimate of drug-likeness (QED) is 0.157. The van der Waals surface area contributed by atoms with E-state index in [2.05, 4.69) is 182 Å². The predicted molar refractivity (Wildman–Crippen MR) is 254 cm³/mol. The van der Waals surface area contributed by atoms with Gasteiger partial charge in [-0.15, -0.1) is 34.0 Å². The Balaban J connectivity index is 0.934. The van der Waals surface area contributed by atoms with E-state index in [9.17, 15) is 0 Å². The number of fused-ring (bicyclic) bond motifs is 12. The van der Waals surface area contributed by atoms with E-state index >= 15 is 0 Å². The van der Waals surface area contributed by atoms with Crippen LogP contribution in [0.25, 0.3) is 126 Å². The van der Waals surface area contributed by atoms with Crippen LogP contribution in [0.15, 0.2) is 182 Å². The molecule has 0 aliphatic heterocycles. The van der Waals surface area contributed by atoms with Crippen LogP contribution in [0.4, 0.5) is 0 Å². The van der Waals surface area contributed by atoms with Gasteiger partial charge < -0.3 is 0 Å². The molecule has 0 aliphatic carbocycles. The van der Waals surface area contributed by atoms with Gasteiger partial charge in [0.05, 0.1) is 0 Å². The molecule has 3 aromatic heterocycles. The van der Waals surface area contributed by atoms with Gasteiger partial charge in [0.1, 0.15) is 0 Å². The highest BCUT2D eigenvalue weighted by atomic mass is 32.1. The molecule has 10 aromatic carbocycles. The summed E-state index contributed by atoms with van der Waals surface area (Å²) in [5.74, 6) is 0. The van der Waals surface area contributed by atoms with Gasteiger partial charge in [0.2, 0.25) is 0 Å². The van der Waals surface area contributed by atoms with Crippen molar-refractivity contribution in [3.8, 4) is 33.4 Å². The standard InChI is InChI=1S/C54H30S3/c1-3-13-39-37(11-1)52(38-12-2-4-14-40(38)53(39)42-16-9-19-48-54(42)41-15-6-8-18-47(41)55-48)32-22-20-31(21-23-32)33-24-25-34-27-43-45-29-44-36-10-5-7-17-46(36)56-50(44)30-51(45)57-49(43)28-35(34)26-33/h1-30H. The van der Waals surface area contributed by atoms with Crippen LogP contribution in [0.1, 0.15) is 0 Å². The Kier molecular flexibility index (Phi) is 6.73. The van der Waals surface area contributed by atoms with Gasteiger partial charge in [-0.25, -0.2) is 0 Å². The largest absolute Gasteiger partial charge is 0.135 e. The lowest BCUT2D eigenvalue weighted by Gasteiger charge is -2.18. The fourth-order valence-electron chi connectivity index (χ4n) is 9.46. The number of thiophene rings is 3. The molecule has 0 spiro atoms. The molecule has 0 atom stereocenters. The summed E-state index contributed by atoms with van der Waals surface area (Å²) in [6.07, 6.45) is 0. The summed E-state index contributed by atoms with van der Waals surface area (Å²) in [6.45, 7) is 0. The lowest BCUT2D eigenvalue weighted by molar-refractivity contribution is 1.63. The summed E-state index contributed by atoms with van der Waals surface area (Å²) in [4.78, 5) is 0. The zero-order valence-electron chi connectivity index (χ0n) is 30.5. The Morgan fingerprint density at radius 1 is 0.246 bits per heavy atom. The fourth-order valence-corrected chi connectivity index (χ4v) is 13.0. The second-order valence-electron chi connectivity index (χ2n) is 15.2. The zero-order chi connectivity index (χ0) is 37.2. The van der Waals surface area contributed by atoms with Crippen molar-refractivity contribution >= 4 is 127 Å². The summed E-state index contributed by atoms with van der Waals surface area (Å²) in [5.41, 5.74) is 7.60. The monoisotopic (exact) mass is 774 g/mol. The molecule has 57 heavy (non-hydrogen) atoms. The van der Waals surface area contributed by atoms with Gasteiger partial charge in [-0.05, 0) is 114 Å². The molecular formula is C54H30S3. The molecule has 0 nitrogen and oxygen atoms in total. The van der Waals surface area contributed by atoms with E-state index in [1.165, 1.54) is 126 Å². The Hall–Kier alpha value is -6.36. The van der Waals surface area contributed by atoms with E-state index in [0.717, 1.165) is 0 Å². The van der Waals surface area contributed by atoms with Crippen molar-refractivity contribution in [2.24, 2.45) is 0 Å². The molecular weight excluding hydrogens is 745 g/mol. The van der Waals surface area contributed by atoms with Crippen LogP contribution in [0.5, 0.6) is 0 Å². The molecule has 0 amide bonds. The minimum atomic E-state index is 1.23. The van der Waals surface area contributed by atoms with Crippen LogP contribution < -0.4 is 0 Å². The van der Waals surface area contributed by atoms with Gasteiger partial charge in [-0.2, -0.15) is 0 Å². The molecule has 0 saturated carbocycles. The Morgan fingerprint density at radius 2 is 0.754 bits per heavy atom. The van der Waals surface area contributed by atoms with Crippen molar-refractivity contribution in [1.29, 1.82) is 0 Å². The van der Waals surface area contributed by atoms with Crippen LogP contribution in [-0.2, 0) is 0 Å². The van der Waals surface area contributed by atoms with Crippen molar-refractivity contribution < 1.29 is 0 Å². The van der Waals surface area contributed by atoms with Gasteiger partial charge in [-0.1, -0.05) is 133 Å². The van der Waals surface area contributed by atoms with Crippen LogP contribution in [0, 0.1) is 0 Å².